The SMILES string of the molecule is N#CCC1(N2CCC(C[C@@H]3CC3c3ccccc3)CC2)CN(C2CCOC2)C1. The molecule has 0 amide bonds. The minimum Gasteiger partial charge on any atom is -0.380 e. The van der Waals surface area contributed by atoms with Crippen LogP contribution < -0.4 is 0 Å². The van der Waals surface area contributed by atoms with Crippen molar-refractivity contribution in [3.05, 3.63) is 35.9 Å². The number of hydrogen-bond acceptors (Lipinski definition) is 4. The number of hydrogen-bond donors (Lipinski definition) is 0. The largest absolute Gasteiger partial charge is 0.380 e. The second-order valence-corrected chi connectivity index (χ2v) is 9.66. The zero-order valence-electron chi connectivity index (χ0n) is 16.9. The maximum absolute atomic E-state index is 9.45. The number of nitrogens with zero attached hydrogens (tertiary/aromatic N) is 3. The summed E-state index contributed by atoms with van der Waals surface area (Å²) < 4.78 is 5.56. The number of piperidine rings is 1. The summed E-state index contributed by atoms with van der Waals surface area (Å²) in [6.07, 6.45) is 7.27. The van der Waals surface area contributed by atoms with Crippen LogP contribution >= 0.6 is 0 Å². The van der Waals surface area contributed by atoms with E-state index in [0.29, 0.717) is 12.5 Å². The Kier molecular flexibility index (Phi) is 5.17. The molecule has 4 aliphatic rings. The molecule has 0 bridgehead atoms. The summed E-state index contributed by atoms with van der Waals surface area (Å²) in [4.78, 5) is 5.23. The van der Waals surface area contributed by atoms with Gasteiger partial charge in [-0.15, -0.1) is 0 Å². The first kappa shape index (κ1) is 18.6. The molecule has 4 fully saturated rings. The number of nitriles is 1. The van der Waals surface area contributed by atoms with Crippen molar-refractivity contribution in [3.63, 3.8) is 0 Å². The topological polar surface area (TPSA) is 39.5 Å². The average molecular weight is 380 g/mol. The molecule has 4 heteroatoms. The van der Waals surface area contributed by atoms with Crippen LogP contribution in [0.5, 0.6) is 0 Å². The Bertz CT molecular complexity index is 694. The summed E-state index contributed by atoms with van der Waals surface area (Å²) in [6.45, 7) is 6.29. The third-order valence-electron chi connectivity index (χ3n) is 7.90. The van der Waals surface area contributed by atoms with Crippen molar-refractivity contribution in [2.75, 3.05) is 39.4 Å². The highest BCUT2D eigenvalue weighted by atomic mass is 16.5. The quantitative estimate of drug-likeness (QED) is 0.756. The fourth-order valence-electron chi connectivity index (χ4n) is 6.04. The van der Waals surface area contributed by atoms with Gasteiger partial charge in [0.25, 0.3) is 0 Å². The van der Waals surface area contributed by atoms with E-state index in [0.717, 1.165) is 50.5 Å². The van der Waals surface area contributed by atoms with Crippen LogP contribution in [0.25, 0.3) is 0 Å². The van der Waals surface area contributed by atoms with Gasteiger partial charge in [-0.1, -0.05) is 30.3 Å². The molecule has 2 unspecified atom stereocenters. The van der Waals surface area contributed by atoms with E-state index in [4.69, 9.17) is 4.74 Å². The summed E-state index contributed by atoms with van der Waals surface area (Å²) in [5.41, 5.74) is 1.66. The van der Waals surface area contributed by atoms with Crippen LogP contribution in [0.15, 0.2) is 30.3 Å². The van der Waals surface area contributed by atoms with Gasteiger partial charge in [-0.25, -0.2) is 0 Å². The zero-order chi connectivity index (χ0) is 19.0. The molecular weight excluding hydrogens is 346 g/mol. The zero-order valence-corrected chi connectivity index (χ0v) is 16.9. The molecule has 0 N–H and O–H groups in total. The van der Waals surface area contributed by atoms with E-state index in [2.05, 4.69) is 46.2 Å². The lowest BCUT2D eigenvalue weighted by Crippen LogP contribution is -2.72. The Hall–Kier alpha value is -1.41. The van der Waals surface area contributed by atoms with E-state index in [-0.39, 0.29) is 5.54 Å². The highest BCUT2D eigenvalue weighted by Gasteiger charge is 2.50. The van der Waals surface area contributed by atoms with Crippen LogP contribution in [-0.2, 0) is 4.74 Å². The molecule has 5 rings (SSSR count). The monoisotopic (exact) mass is 379 g/mol. The summed E-state index contributed by atoms with van der Waals surface area (Å²) in [7, 11) is 0. The molecule has 3 aliphatic heterocycles. The van der Waals surface area contributed by atoms with Gasteiger partial charge in [0.2, 0.25) is 0 Å². The molecule has 0 radical (unpaired) electrons. The van der Waals surface area contributed by atoms with Crippen molar-refractivity contribution in [1.29, 1.82) is 5.26 Å². The van der Waals surface area contributed by atoms with Crippen molar-refractivity contribution in [3.8, 4) is 6.07 Å². The molecule has 0 spiro atoms. The van der Waals surface area contributed by atoms with E-state index in [1.165, 1.54) is 38.8 Å². The third-order valence-corrected chi connectivity index (χ3v) is 7.90. The summed E-state index contributed by atoms with van der Waals surface area (Å²) >= 11 is 0. The molecule has 3 atom stereocenters. The second kappa shape index (κ2) is 7.78. The molecular formula is C24H33N3O. The van der Waals surface area contributed by atoms with Crippen LogP contribution in [0.2, 0.25) is 0 Å². The van der Waals surface area contributed by atoms with Crippen LogP contribution in [0, 0.1) is 23.2 Å². The van der Waals surface area contributed by atoms with E-state index < -0.39 is 0 Å². The second-order valence-electron chi connectivity index (χ2n) is 9.66. The fraction of sp³-hybridized carbons (Fsp3) is 0.708. The molecule has 0 aromatic heterocycles. The minimum atomic E-state index is 0.120. The van der Waals surface area contributed by atoms with Crippen LogP contribution in [-0.4, -0.2) is 60.8 Å². The maximum Gasteiger partial charge on any atom is 0.0642 e. The molecule has 3 heterocycles. The highest BCUT2D eigenvalue weighted by Crippen LogP contribution is 2.52. The van der Waals surface area contributed by atoms with Crippen molar-refractivity contribution in [2.45, 2.75) is 56.0 Å². The van der Waals surface area contributed by atoms with Gasteiger partial charge in [-0.3, -0.25) is 9.80 Å². The lowest BCUT2D eigenvalue weighted by molar-refractivity contribution is -0.0851. The molecule has 3 saturated heterocycles. The van der Waals surface area contributed by atoms with Crippen molar-refractivity contribution < 1.29 is 4.74 Å². The van der Waals surface area contributed by atoms with Crippen molar-refractivity contribution in [2.24, 2.45) is 11.8 Å². The fourth-order valence-corrected chi connectivity index (χ4v) is 6.04. The van der Waals surface area contributed by atoms with E-state index in [9.17, 15) is 5.26 Å². The maximum atomic E-state index is 9.45. The summed E-state index contributed by atoms with van der Waals surface area (Å²) in [5, 5.41) is 9.45. The third kappa shape index (κ3) is 3.61. The first-order chi connectivity index (χ1) is 13.8. The van der Waals surface area contributed by atoms with Gasteiger partial charge >= 0.3 is 0 Å². The predicted octanol–water partition coefficient (Wildman–Crippen LogP) is 3.65. The number of rotatable bonds is 6. The van der Waals surface area contributed by atoms with Crippen LogP contribution in [0.4, 0.5) is 0 Å². The molecule has 28 heavy (non-hydrogen) atoms. The molecule has 1 aliphatic carbocycles. The first-order valence-corrected chi connectivity index (χ1v) is 11.3. The highest BCUT2D eigenvalue weighted by molar-refractivity contribution is 5.25. The van der Waals surface area contributed by atoms with Crippen molar-refractivity contribution >= 4 is 0 Å². The van der Waals surface area contributed by atoms with Crippen molar-refractivity contribution in [1.82, 2.24) is 9.80 Å². The predicted molar refractivity (Wildman–Crippen MR) is 110 cm³/mol. The van der Waals surface area contributed by atoms with E-state index in [1.54, 1.807) is 5.56 Å². The van der Waals surface area contributed by atoms with Crippen LogP contribution in [0.1, 0.15) is 50.0 Å². The van der Waals surface area contributed by atoms with Gasteiger partial charge in [0.05, 0.1) is 24.6 Å². The average Bonchev–Trinajstić information content (AvgIpc) is 3.25. The molecule has 1 aromatic carbocycles. The van der Waals surface area contributed by atoms with Gasteiger partial charge < -0.3 is 4.74 Å². The van der Waals surface area contributed by atoms with E-state index in [1.807, 2.05) is 0 Å². The molecule has 1 aromatic rings. The van der Waals surface area contributed by atoms with Gasteiger partial charge in [0.1, 0.15) is 0 Å². The molecule has 1 saturated carbocycles. The van der Waals surface area contributed by atoms with Gasteiger partial charge in [-0.2, -0.15) is 5.26 Å². The Morgan fingerprint density at radius 1 is 1.11 bits per heavy atom. The standard InChI is InChI=1S/C24H33N3O/c25-10-9-24(17-26(18-24)22-8-13-28-16-22)27-11-6-19(7-12-27)14-21-15-23(21)20-4-2-1-3-5-20/h1-5,19,21-23H,6-9,11-18H2/t21-,22?,23?/m1/s1. The minimum absolute atomic E-state index is 0.120. The van der Waals surface area contributed by atoms with Gasteiger partial charge in [0.15, 0.2) is 0 Å². The lowest BCUT2D eigenvalue weighted by atomic mass is 9.80. The number of likely N-dealkylation sites (tertiary alicyclic amines) is 2. The Morgan fingerprint density at radius 2 is 1.89 bits per heavy atom. The number of benzene rings is 1. The Balaban J connectivity index is 1.11. The van der Waals surface area contributed by atoms with Gasteiger partial charge in [0, 0.05) is 25.7 Å². The normalized spacial score (nSPS) is 33.3. The lowest BCUT2D eigenvalue weighted by Gasteiger charge is -2.58. The smallest absolute Gasteiger partial charge is 0.0642 e. The Morgan fingerprint density at radius 3 is 2.57 bits per heavy atom. The van der Waals surface area contributed by atoms with E-state index >= 15 is 0 Å². The first-order valence-electron chi connectivity index (χ1n) is 11.3. The van der Waals surface area contributed by atoms with Gasteiger partial charge in [-0.05, 0) is 68.5 Å². The molecule has 4 nitrogen and oxygen atoms in total. The number of ether oxygens (including phenoxy) is 1. The summed E-state index contributed by atoms with van der Waals surface area (Å²) in [5.74, 6) is 2.61. The summed E-state index contributed by atoms with van der Waals surface area (Å²) in [6, 6.07) is 14.2. The van der Waals surface area contributed by atoms with Crippen LogP contribution in [0.3, 0.4) is 0 Å². The molecule has 150 valence electrons. The Labute approximate surface area is 169 Å².